The van der Waals surface area contributed by atoms with E-state index in [1.165, 1.54) is 11.1 Å². The van der Waals surface area contributed by atoms with Crippen LogP contribution >= 0.6 is 0 Å². The fraction of sp³-hybridized carbons (Fsp3) is 0.389. The molecule has 0 bridgehead atoms. The van der Waals surface area contributed by atoms with Crippen LogP contribution in [-0.4, -0.2) is 23.6 Å². The zero-order chi connectivity index (χ0) is 16.1. The van der Waals surface area contributed by atoms with Gasteiger partial charge in [0.05, 0.1) is 6.61 Å². The van der Waals surface area contributed by atoms with Crippen LogP contribution in [0.15, 0.2) is 36.0 Å². The van der Waals surface area contributed by atoms with E-state index in [9.17, 15) is 4.79 Å². The third-order valence-corrected chi connectivity index (χ3v) is 3.61. The molecule has 0 aliphatic heterocycles. The number of H-pyrrole nitrogens is 1. The van der Waals surface area contributed by atoms with E-state index >= 15 is 0 Å². The molecular formula is C18H24N2O2. The quantitative estimate of drug-likeness (QED) is 0.636. The molecule has 0 aliphatic carbocycles. The standard InChI is InChI=1S/C18H24N2O2/c1-4-22-18(21)16(19)10-14-11-20-17-8-7-13(9-15(14)17)6-5-12(2)3/h5,7-9,11,16,20H,4,6,10,19H2,1-3H3/t16-/m0/s1. The molecule has 2 aromatic rings. The lowest BCUT2D eigenvalue weighted by Gasteiger charge is -2.10. The summed E-state index contributed by atoms with van der Waals surface area (Å²) in [5, 5.41) is 1.12. The normalized spacial score (nSPS) is 12.2. The van der Waals surface area contributed by atoms with Crippen molar-refractivity contribution in [3.05, 3.63) is 47.2 Å². The lowest BCUT2D eigenvalue weighted by atomic mass is 10.0. The summed E-state index contributed by atoms with van der Waals surface area (Å²) in [6.07, 6.45) is 5.52. The number of ether oxygens (including phenoxy) is 1. The van der Waals surface area contributed by atoms with Gasteiger partial charge in [-0.15, -0.1) is 0 Å². The summed E-state index contributed by atoms with van der Waals surface area (Å²) in [5.74, 6) is -0.349. The number of hydrogen-bond acceptors (Lipinski definition) is 3. The highest BCUT2D eigenvalue weighted by Crippen LogP contribution is 2.22. The lowest BCUT2D eigenvalue weighted by Crippen LogP contribution is -2.34. The number of carbonyl (C=O) groups excluding carboxylic acids is 1. The minimum atomic E-state index is -0.625. The molecule has 0 saturated heterocycles. The first kappa shape index (κ1) is 16.3. The molecular weight excluding hydrogens is 276 g/mol. The number of allylic oxidation sites excluding steroid dienone is 2. The van der Waals surface area contributed by atoms with Crippen LogP contribution in [0, 0.1) is 0 Å². The van der Waals surface area contributed by atoms with E-state index < -0.39 is 6.04 Å². The summed E-state index contributed by atoms with van der Waals surface area (Å²) < 4.78 is 4.97. The highest BCUT2D eigenvalue weighted by molar-refractivity contribution is 5.85. The number of nitrogens with two attached hydrogens (primary N) is 1. The minimum Gasteiger partial charge on any atom is -0.465 e. The highest BCUT2D eigenvalue weighted by atomic mass is 16.5. The molecule has 0 radical (unpaired) electrons. The fourth-order valence-electron chi connectivity index (χ4n) is 2.41. The van der Waals surface area contributed by atoms with Crippen molar-refractivity contribution >= 4 is 16.9 Å². The van der Waals surface area contributed by atoms with E-state index in [1.54, 1.807) is 6.92 Å². The number of hydrogen-bond donors (Lipinski definition) is 2. The number of esters is 1. The molecule has 1 aromatic heterocycles. The largest absolute Gasteiger partial charge is 0.465 e. The van der Waals surface area contributed by atoms with Crippen LogP contribution in [0.4, 0.5) is 0 Å². The summed E-state index contributed by atoms with van der Waals surface area (Å²) in [6, 6.07) is 5.73. The van der Waals surface area contributed by atoms with Gasteiger partial charge in [0.1, 0.15) is 6.04 Å². The van der Waals surface area contributed by atoms with Crippen molar-refractivity contribution in [2.75, 3.05) is 6.61 Å². The van der Waals surface area contributed by atoms with Crippen LogP contribution in [0.5, 0.6) is 0 Å². The molecule has 118 valence electrons. The molecule has 1 heterocycles. The summed E-state index contributed by atoms with van der Waals surface area (Å²) in [7, 11) is 0. The van der Waals surface area contributed by atoms with Gasteiger partial charge in [-0.3, -0.25) is 4.79 Å². The average Bonchev–Trinajstić information content (AvgIpc) is 2.88. The Morgan fingerprint density at radius 1 is 1.41 bits per heavy atom. The molecule has 2 rings (SSSR count). The number of aromatic nitrogens is 1. The third-order valence-electron chi connectivity index (χ3n) is 3.61. The number of fused-ring (bicyclic) bond motifs is 1. The van der Waals surface area contributed by atoms with Crippen molar-refractivity contribution in [2.45, 2.75) is 39.7 Å². The van der Waals surface area contributed by atoms with Crippen molar-refractivity contribution in [3.63, 3.8) is 0 Å². The Hall–Kier alpha value is -2.07. The van der Waals surface area contributed by atoms with Gasteiger partial charge in [-0.1, -0.05) is 17.7 Å². The zero-order valence-electron chi connectivity index (χ0n) is 13.5. The number of rotatable bonds is 6. The first-order valence-corrected chi connectivity index (χ1v) is 7.65. The molecule has 0 unspecified atom stereocenters. The maximum absolute atomic E-state index is 11.7. The second-order valence-corrected chi connectivity index (χ2v) is 5.74. The van der Waals surface area contributed by atoms with Crippen LogP contribution in [0.25, 0.3) is 10.9 Å². The number of carbonyl (C=O) groups is 1. The van der Waals surface area contributed by atoms with E-state index in [1.807, 2.05) is 6.20 Å². The Bertz CT molecular complexity index is 681. The van der Waals surface area contributed by atoms with Crippen LogP contribution < -0.4 is 5.73 Å². The van der Waals surface area contributed by atoms with Gasteiger partial charge in [-0.2, -0.15) is 0 Å². The predicted octanol–water partition coefficient (Wildman–Crippen LogP) is 3.11. The van der Waals surface area contributed by atoms with Gasteiger partial charge >= 0.3 is 5.97 Å². The van der Waals surface area contributed by atoms with Gasteiger partial charge in [-0.25, -0.2) is 0 Å². The molecule has 0 amide bonds. The highest BCUT2D eigenvalue weighted by Gasteiger charge is 2.17. The lowest BCUT2D eigenvalue weighted by molar-refractivity contribution is -0.144. The molecule has 3 N–H and O–H groups in total. The summed E-state index contributed by atoms with van der Waals surface area (Å²) in [4.78, 5) is 14.9. The zero-order valence-corrected chi connectivity index (χ0v) is 13.5. The molecule has 0 saturated carbocycles. The van der Waals surface area contributed by atoms with Crippen molar-refractivity contribution in [2.24, 2.45) is 5.73 Å². The monoisotopic (exact) mass is 300 g/mol. The van der Waals surface area contributed by atoms with Crippen LogP contribution in [0.1, 0.15) is 31.9 Å². The van der Waals surface area contributed by atoms with Crippen molar-refractivity contribution in [1.82, 2.24) is 4.98 Å². The SMILES string of the molecule is CCOC(=O)[C@@H](N)Cc1c[nH]c2ccc(CC=C(C)C)cc12. The van der Waals surface area contributed by atoms with Gasteiger partial charge in [0, 0.05) is 23.5 Å². The maximum Gasteiger partial charge on any atom is 0.323 e. The third kappa shape index (κ3) is 3.98. The molecule has 1 aromatic carbocycles. The van der Waals surface area contributed by atoms with Gasteiger partial charge in [-0.05, 0) is 50.5 Å². The number of nitrogens with one attached hydrogen (secondary N) is 1. The van der Waals surface area contributed by atoms with Crippen molar-refractivity contribution < 1.29 is 9.53 Å². The fourth-order valence-corrected chi connectivity index (χ4v) is 2.41. The predicted molar refractivity (Wildman–Crippen MR) is 89.7 cm³/mol. The molecule has 1 atom stereocenters. The Morgan fingerprint density at radius 2 is 2.18 bits per heavy atom. The summed E-state index contributed by atoms with van der Waals surface area (Å²) in [6.45, 7) is 6.33. The Labute approximate surface area is 131 Å². The van der Waals surface area contributed by atoms with Gasteiger partial charge in [0.25, 0.3) is 0 Å². The number of benzene rings is 1. The van der Waals surface area contributed by atoms with Crippen LogP contribution in [0.2, 0.25) is 0 Å². The van der Waals surface area contributed by atoms with E-state index in [2.05, 4.69) is 43.1 Å². The molecule has 0 spiro atoms. The van der Waals surface area contributed by atoms with E-state index in [4.69, 9.17) is 10.5 Å². The topological polar surface area (TPSA) is 68.1 Å². The summed E-state index contributed by atoms with van der Waals surface area (Å²) >= 11 is 0. The van der Waals surface area contributed by atoms with Gasteiger partial charge < -0.3 is 15.5 Å². The van der Waals surface area contributed by atoms with E-state index in [-0.39, 0.29) is 5.97 Å². The molecule has 0 fully saturated rings. The van der Waals surface area contributed by atoms with Crippen molar-refractivity contribution in [1.29, 1.82) is 0 Å². The average molecular weight is 300 g/mol. The molecule has 0 aliphatic rings. The molecule has 22 heavy (non-hydrogen) atoms. The second-order valence-electron chi connectivity index (χ2n) is 5.74. The van der Waals surface area contributed by atoms with Crippen LogP contribution in [-0.2, 0) is 22.4 Å². The van der Waals surface area contributed by atoms with Crippen molar-refractivity contribution in [3.8, 4) is 0 Å². The molecule has 4 nitrogen and oxygen atoms in total. The first-order valence-electron chi connectivity index (χ1n) is 7.65. The smallest absolute Gasteiger partial charge is 0.323 e. The van der Waals surface area contributed by atoms with Gasteiger partial charge in [0.2, 0.25) is 0 Å². The first-order chi connectivity index (χ1) is 10.5. The van der Waals surface area contributed by atoms with Gasteiger partial charge in [0.15, 0.2) is 0 Å². The van der Waals surface area contributed by atoms with Crippen LogP contribution in [0.3, 0.4) is 0 Å². The summed E-state index contributed by atoms with van der Waals surface area (Å²) in [5.41, 5.74) is 10.6. The maximum atomic E-state index is 11.7. The Balaban J connectivity index is 2.21. The Morgan fingerprint density at radius 3 is 2.86 bits per heavy atom. The Kier molecular flexibility index (Phi) is 5.39. The number of aromatic amines is 1. The molecule has 4 heteroatoms. The second kappa shape index (κ2) is 7.27. The minimum absolute atomic E-state index is 0.349. The van der Waals surface area contributed by atoms with E-state index in [0.717, 1.165) is 22.9 Å². The van der Waals surface area contributed by atoms with E-state index in [0.29, 0.717) is 13.0 Å².